The van der Waals surface area contributed by atoms with E-state index in [9.17, 15) is 14.4 Å². The van der Waals surface area contributed by atoms with Gasteiger partial charge in [-0.3, -0.25) is 19.2 Å². The smallest absolute Gasteiger partial charge is 0.290 e. The standard InChI is InChI=1S/C33H35N5O5.CH2O2/c1-23-19-37-14-6-12-27(31(37)35-23)33(41)36-15-7-17-42-26-11-5-8-24(18-26)28-20-38(21-29(28)32(40)34-13-16-36)30(39)22-43-25-9-3-2-4-10-25;2-1-3/h2-6,8-12,14,18-19,28-29H,7,13,15-17,20-22H2,1H3,(H,34,40);1H,(H,2,3)/t28-,29+;/m1./s1. The number of ether oxygens (including phenoxy) is 2. The molecular weight excluding hydrogens is 590 g/mol. The highest BCUT2D eigenvalue weighted by molar-refractivity contribution is 5.99. The molecule has 2 aromatic carbocycles. The van der Waals surface area contributed by atoms with Gasteiger partial charge in [-0.1, -0.05) is 30.3 Å². The Bertz CT molecular complexity index is 1670. The molecule has 1 fully saturated rings. The third-order valence-corrected chi connectivity index (χ3v) is 8.04. The molecule has 0 saturated carbocycles. The van der Waals surface area contributed by atoms with Crippen LogP contribution in [0, 0.1) is 12.8 Å². The normalized spacial score (nSPS) is 18.2. The molecule has 12 heteroatoms. The average Bonchev–Trinajstić information content (AvgIpc) is 3.69. The predicted molar refractivity (Wildman–Crippen MR) is 169 cm³/mol. The van der Waals surface area contributed by atoms with Gasteiger partial charge in [0.15, 0.2) is 6.61 Å². The minimum atomic E-state index is -0.454. The number of aromatic nitrogens is 2. The van der Waals surface area contributed by atoms with Crippen LogP contribution in [0.5, 0.6) is 11.5 Å². The molecule has 2 atom stereocenters. The van der Waals surface area contributed by atoms with Gasteiger partial charge >= 0.3 is 0 Å². The molecule has 6 rings (SSSR count). The summed E-state index contributed by atoms with van der Waals surface area (Å²) in [6, 6.07) is 20.6. The highest BCUT2D eigenvalue weighted by atomic mass is 16.5. The third-order valence-electron chi connectivity index (χ3n) is 8.04. The van der Waals surface area contributed by atoms with Crippen molar-refractivity contribution in [3.8, 4) is 11.5 Å². The van der Waals surface area contributed by atoms with E-state index in [2.05, 4.69) is 10.3 Å². The summed E-state index contributed by atoms with van der Waals surface area (Å²) in [5.74, 6) is 0.195. The Labute approximate surface area is 266 Å². The van der Waals surface area contributed by atoms with Gasteiger partial charge in [-0.25, -0.2) is 4.98 Å². The number of amides is 3. The molecule has 2 aliphatic rings. The first-order valence-corrected chi connectivity index (χ1v) is 15.2. The number of rotatable bonds is 4. The maximum absolute atomic E-state index is 13.7. The van der Waals surface area contributed by atoms with Crippen LogP contribution in [0.25, 0.3) is 5.65 Å². The lowest BCUT2D eigenvalue weighted by molar-refractivity contribution is -0.132. The first-order valence-electron chi connectivity index (χ1n) is 15.2. The number of hydrogen-bond acceptors (Lipinski definition) is 7. The molecule has 12 nitrogen and oxygen atoms in total. The van der Waals surface area contributed by atoms with Crippen molar-refractivity contribution in [1.82, 2.24) is 24.5 Å². The monoisotopic (exact) mass is 627 g/mol. The van der Waals surface area contributed by atoms with Crippen LogP contribution in [-0.4, -0.2) is 94.4 Å². The van der Waals surface area contributed by atoms with Crippen LogP contribution in [0.15, 0.2) is 79.1 Å². The van der Waals surface area contributed by atoms with Gasteiger partial charge in [0.05, 0.1) is 23.8 Å². The number of hydrogen-bond donors (Lipinski definition) is 2. The quantitative estimate of drug-likeness (QED) is 0.329. The van der Waals surface area contributed by atoms with Crippen molar-refractivity contribution >= 4 is 29.8 Å². The molecular formula is C34H37N5O7. The van der Waals surface area contributed by atoms with E-state index in [0.717, 1.165) is 11.3 Å². The molecule has 2 bridgehead atoms. The highest BCUT2D eigenvalue weighted by Crippen LogP contribution is 2.35. The van der Waals surface area contributed by atoms with E-state index < -0.39 is 5.92 Å². The number of fused-ring (bicyclic) bond motifs is 5. The van der Waals surface area contributed by atoms with Crippen LogP contribution < -0.4 is 14.8 Å². The first kappa shape index (κ1) is 32.0. The van der Waals surface area contributed by atoms with E-state index in [1.165, 1.54) is 0 Å². The largest absolute Gasteiger partial charge is 0.494 e. The van der Waals surface area contributed by atoms with E-state index in [1.54, 1.807) is 28.0 Å². The first-order chi connectivity index (χ1) is 22.4. The number of aryl methyl sites for hydroxylation is 1. The van der Waals surface area contributed by atoms with Gasteiger partial charge < -0.3 is 34.1 Å². The Kier molecular flexibility index (Phi) is 10.5. The van der Waals surface area contributed by atoms with Gasteiger partial charge in [0.1, 0.15) is 17.1 Å². The van der Waals surface area contributed by atoms with E-state index in [1.807, 2.05) is 72.2 Å². The predicted octanol–water partition coefficient (Wildman–Crippen LogP) is 3.01. The molecule has 2 N–H and O–H groups in total. The number of likely N-dealkylation sites (tertiary alicyclic amines) is 1. The van der Waals surface area contributed by atoms with Crippen molar-refractivity contribution in [1.29, 1.82) is 0 Å². The topological polar surface area (TPSA) is 143 Å². The lowest BCUT2D eigenvalue weighted by atomic mass is 9.88. The maximum Gasteiger partial charge on any atom is 0.290 e. The maximum atomic E-state index is 13.7. The Balaban J connectivity index is 0.00000134. The Hall–Kier alpha value is -5.39. The third kappa shape index (κ3) is 7.63. The van der Waals surface area contributed by atoms with E-state index >= 15 is 0 Å². The second-order valence-electron chi connectivity index (χ2n) is 11.1. The summed E-state index contributed by atoms with van der Waals surface area (Å²) in [5.41, 5.74) is 2.90. The molecule has 0 unspecified atom stereocenters. The minimum Gasteiger partial charge on any atom is -0.494 e. The van der Waals surface area contributed by atoms with Crippen LogP contribution in [0.1, 0.15) is 34.0 Å². The van der Waals surface area contributed by atoms with Crippen molar-refractivity contribution in [2.75, 3.05) is 45.9 Å². The molecule has 0 spiro atoms. The molecule has 4 aromatic rings. The number of nitrogens with one attached hydrogen (secondary N) is 1. The summed E-state index contributed by atoms with van der Waals surface area (Å²) in [6.45, 7) is 3.74. The van der Waals surface area contributed by atoms with E-state index in [0.29, 0.717) is 55.4 Å². The van der Waals surface area contributed by atoms with Crippen LogP contribution in [0.2, 0.25) is 0 Å². The summed E-state index contributed by atoms with van der Waals surface area (Å²) in [4.78, 5) is 56.8. The zero-order chi connectivity index (χ0) is 32.5. The Morgan fingerprint density at radius 1 is 1.04 bits per heavy atom. The Morgan fingerprint density at radius 3 is 2.63 bits per heavy atom. The lowest BCUT2D eigenvalue weighted by Crippen LogP contribution is -2.42. The second kappa shape index (κ2) is 15.1. The summed E-state index contributed by atoms with van der Waals surface area (Å²) >= 11 is 0. The molecule has 46 heavy (non-hydrogen) atoms. The number of carbonyl (C=O) groups excluding carboxylic acids is 3. The molecule has 2 aliphatic heterocycles. The number of imidazole rings is 1. The van der Waals surface area contributed by atoms with Crippen LogP contribution in [0.3, 0.4) is 0 Å². The van der Waals surface area contributed by atoms with Gasteiger partial charge in [-0.05, 0) is 55.3 Å². The fourth-order valence-electron chi connectivity index (χ4n) is 5.88. The molecule has 2 aromatic heterocycles. The molecule has 0 radical (unpaired) electrons. The van der Waals surface area contributed by atoms with Crippen LogP contribution >= 0.6 is 0 Å². The number of carbonyl (C=O) groups is 4. The number of para-hydroxylation sites is 1. The van der Waals surface area contributed by atoms with Crippen molar-refractivity contribution in [2.24, 2.45) is 5.92 Å². The number of pyridine rings is 1. The summed E-state index contributed by atoms with van der Waals surface area (Å²) in [7, 11) is 0. The SMILES string of the molecule is Cc1cn2cccc(C(=O)N3CCCOc4cccc(c4)[C@H]4CN(C(=O)COc5ccccc5)C[C@@H]4C(=O)NCC3)c2n1.O=CO. The molecule has 1 saturated heterocycles. The molecule has 4 heterocycles. The van der Waals surface area contributed by atoms with Gasteiger partial charge in [-0.2, -0.15) is 0 Å². The number of nitrogens with zero attached hydrogens (tertiary/aromatic N) is 4. The zero-order valence-corrected chi connectivity index (χ0v) is 25.6. The Morgan fingerprint density at radius 2 is 1.83 bits per heavy atom. The van der Waals surface area contributed by atoms with E-state index in [4.69, 9.17) is 19.4 Å². The van der Waals surface area contributed by atoms with Crippen LogP contribution in [-0.2, 0) is 14.4 Å². The van der Waals surface area contributed by atoms with Crippen molar-refractivity contribution in [3.05, 3.63) is 95.9 Å². The molecule has 3 amide bonds. The van der Waals surface area contributed by atoms with Crippen molar-refractivity contribution < 1.29 is 33.8 Å². The van der Waals surface area contributed by atoms with Crippen molar-refractivity contribution in [3.63, 3.8) is 0 Å². The van der Waals surface area contributed by atoms with Crippen molar-refractivity contribution in [2.45, 2.75) is 19.3 Å². The minimum absolute atomic E-state index is 0.103. The molecule has 240 valence electrons. The van der Waals surface area contributed by atoms with E-state index in [-0.39, 0.29) is 49.8 Å². The zero-order valence-electron chi connectivity index (χ0n) is 25.6. The highest BCUT2D eigenvalue weighted by Gasteiger charge is 2.40. The van der Waals surface area contributed by atoms with Gasteiger partial charge in [0.2, 0.25) is 5.91 Å². The fourth-order valence-corrected chi connectivity index (χ4v) is 5.88. The second-order valence-corrected chi connectivity index (χ2v) is 11.1. The summed E-state index contributed by atoms with van der Waals surface area (Å²) in [6.07, 6.45) is 4.38. The lowest BCUT2D eigenvalue weighted by Gasteiger charge is -2.25. The average molecular weight is 628 g/mol. The number of carboxylic acid groups (broad SMARTS) is 1. The van der Waals surface area contributed by atoms with Crippen LogP contribution in [0.4, 0.5) is 0 Å². The summed E-state index contributed by atoms with van der Waals surface area (Å²) < 4.78 is 13.6. The number of benzene rings is 2. The summed E-state index contributed by atoms with van der Waals surface area (Å²) in [5, 5.41) is 9.95. The fraction of sp³-hybridized carbons (Fsp3) is 0.324. The van der Waals surface area contributed by atoms with Gasteiger partial charge in [0.25, 0.3) is 18.3 Å². The molecule has 0 aliphatic carbocycles. The van der Waals surface area contributed by atoms with Gasteiger partial charge in [0, 0.05) is 51.0 Å². The van der Waals surface area contributed by atoms with Gasteiger partial charge in [-0.15, -0.1) is 0 Å².